The Morgan fingerprint density at radius 1 is 1.31 bits per heavy atom. The lowest BCUT2D eigenvalue weighted by Gasteiger charge is -2.50. The first-order valence-corrected chi connectivity index (χ1v) is 11.6. The van der Waals surface area contributed by atoms with Crippen molar-refractivity contribution in [2.24, 2.45) is 5.10 Å². The Hall–Kier alpha value is -2.24. The number of carbonyl (C=O) groups is 1. The van der Waals surface area contributed by atoms with Gasteiger partial charge < -0.3 is 9.64 Å². The number of rotatable bonds is 6. The fourth-order valence-electron chi connectivity index (χ4n) is 4.67. The summed E-state index contributed by atoms with van der Waals surface area (Å²) in [4.78, 5) is 14.6. The Morgan fingerprint density at radius 2 is 2.03 bits per heavy atom. The zero-order valence-corrected chi connectivity index (χ0v) is 21.0. The standard InChI is InChI=1S/C25H31Cl2N3O2/c1-15(2)30-22-9-16(3)18(10-20(22)17(4)12-25(30,5)6)13-28-29-24(31)14-32-23-8-7-19(26)11-21(23)27/h7-11,13,15,17H,12,14H2,1-6H3,(H,29,31)/b28-13+/t17-/m0/s1. The summed E-state index contributed by atoms with van der Waals surface area (Å²) in [6.45, 7) is 13.2. The van der Waals surface area contributed by atoms with Crippen molar-refractivity contribution < 1.29 is 9.53 Å². The molecule has 5 nitrogen and oxygen atoms in total. The third kappa shape index (κ3) is 5.38. The second-order valence-corrected chi connectivity index (χ2v) is 10.1. The molecule has 1 atom stereocenters. The fourth-order valence-corrected chi connectivity index (χ4v) is 5.14. The van der Waals surface area contributed by atoms with Gasteiger partial charge in [0.25, 0.3) is 5.91 Å². The molecule has 2 aromatic rings. The molecule has 3 rings (SSSR count). The van der Waals surface area contributed by atoms with Crippen LogP contribution in [0.1, 0.15) is 63.6 Å². The lowest BCUT2D eigenvalue weighted by Crippen LogP contribution is -2.51. The molecule has 0 saturated heterocycles. The molecule has 2 aromatic carbocycles. The third-order valence-electron chi connectivity index (χ3n) is 5.83. The predicted molar refractivity (Wildman–Crippen MR) is 134 cm³/mol. The normalized spacial score (nSPS) is 17.5. The first-order valence-electron chi connectivity index (χ1n) is 10.8. The molecule has 1 heterocycles. The highest BCUT2D eigenvalue weighted by molar-refractivity contribution is 6.35. The van der Waals surface area contributed by atoms with Crippen LogP contribution in [0.15, 0.2) is 35.4 Å². The second kappa shape index (κ2) is 9.72. The zero-order valence-electron chi connectivity index (χ0n) is 19.5. The molecule has 0 bridgehead atoms. The lowest BCUT2D eigenvalue weighted by molar-refractivity contribution is -0.123. The van der Waals surface area contributed by atoms with Crippen LogP contribution in [-0.4, -0.2) is 30.3 Å². The van der Waals surface area contributed by atoms with Gasteiger partial charge in [-0.1, -0.05) is 30.1 Å². The average molecular weight is 476 g/mol. The number of hydrazone groups is 1. The van der Waals surface area contributed by atoms with Gasteiger partial charge in [-0.15, -0.1) is 0 Å². The molecule has 32 heavy (non-hydrogen) atoms. The Bertz CT molecular complexity index is 1030. The van der Waals surface area contributed by atoms with Gasteiger partial charge in [-0.2, -0.15) is 5.10 Å². The third-order valence-corrected chi connectivity index (χ3v) is 6.36. The van der Waals surface area contributed by atoms with E-state index in [1.165, 1.54) is 11.3 Å². The van der Waals surface area contributed by atoms with E-state index < -0.39 is 0 Å². The molecule has 1 amide bonds. The first-order chi connectivity index (χ1) is 15.0. The van der Waals surface area contributed by atoms with E-state index in [0.717, 1.165) is 17.5 Å². The number of carbonyl (C=O) groups excluding carboxylic acids is 1. The van der Waals surface area contributed by atoms with Crippen molar-refractivity contribution in [3.8, 4) is 5.75 Å². The second-order valence-electron chi connectivity index (χ2n) is 9.31. The van der Waals surface area contributed by atoms with Crippen LogP contribution in [0.5, 0.6) is 5.75 Å². The van der Waals surface area contributed by atoms with Gasteiger partial charge in [-0.25, -0.2) is 5.43 Å². The molecule has 0 aliphatic carbocycles. The first kappa shape index (κ1) is 24.4. The van der Waals surface area contributed by atoms with Crippen LogP contribution >= 0.6 is 23.2 Å². The van der Waals surface area contributed by atoms with Crippen LogP contribution in [-0.2, 0) is 4.79 Å². The maximum Gasteiger partial charge on any atom is 0.277 e. The Labute approximate surface area is 200 Å². The largest absolute Gasteiger partial charge is 0.482 e. The van der Waals surface area contributed by atoms with E-state index in [0.29, 0.717) is 27.8 Å². The number of benzene rings is 2. The van der Waals surface area contributed by atoms with Gasteiger partial charge in [0.15, 0.2) is 6.61 Å². The van der Waals surface area contributed by atoms with Gasteiger partial charge in [0.1, 0.15) is 5.75 Å². The van der Waals surface area contributed by atoms with E-state index in [1.54, 1.807) is 24.4 Å². The highest BCUT2D eigenvalue weighted by atomic mass is 35.5. The van der Waals surface area contributed by atoms with Crippen molar-refractivity contribution in [2.45, 2.75) is 65.5 Å². The molecule has 1 aliphatic rings. The van der Waals surface area contributed by atoms with Crippen LogP contribution in [0.4, 0.5) is 5.69 Å². The topological polar surface area (TPSA) is 53.9 Å². The number of anilines is 1. The van der Waals surface area contributed by atoms with Crippen LogP contribution in [0.3, 0.4) is 0 Å². The number of nitrogens with one attached hydrogen (secondary N) is 1. The summed E-state index contributed by atoms with van der Waals surface area (Å²) in [5, 5.41) is 4.99. The van der Waals surface area contributed by atoms with Gasteiger partial charge in [0.05, 0.1) is 11.2 Å². The van der Waals surface area contributed by atoms with Crippen LogP contribution in [0, 0.1) is 6.92 Å². The van der Waals surface area contributed by atoms with Crippen LogP contribution in [0.25, 0.3) is 0 Å². The minimum absolute atomic E-state index is 0.101. The monoisotopic (exact) mass is 475 g/mol. The van der Waals surface area contributed by atoms with E-state index >= 15 is 0 Å². The molecule has 172 valence electrons. The summed E-state index contributed by atoms with van der Waals surface area (Å²) >= 11 is 11.9. The van der Waals surface area contributed by atoms with Crippen molar-refractivity contribution >= 4 is 41.0 Å². The smallest absolute Gasteiger partial charge is 0.277 e. The van der Waals surface area contributed by atoms with Crippen molar-refractivity contribution in [2.75, 3.05) is 11.5 Å². The Balaban J connectivity index is 1.70. The van der Waals surface area contributed by atoms with Gasteiger partial charge in [-0.3, -0.25) is 4.79 Å². The zero-order chi connectivity index (χ0) is 23.6. The van der Waals surface area contributed by atoms with E-state index in [9.17, 15) is 4.79 Å². The van der Waals surface area contributed by atoms with Crippen molar-refractivity contribution in [3.63, 3.8) is 0 Å². The molecule has 1 N–H and O–H groups in total. The van der Waals surface area contributed by atoms with E-state index in [-0.39, 0.29) is 18.1 Å². The number of hydrogen-bond donors (Lipinski definition) is 1. The van der Waals surface area contributed by atoms with Gasteiger partial charge in [0.2, 0.25) is 0 Å². The highest BCUT2D eigenvalue weighted by Crippen LogP contribution is 2.45. The van der Waals surface area contributed by atoms with Gasteiger partial charge in [0, 0.05) is 22.3 Å². The number of amides is 1. The molecular formula is C25H31Cl2N3O2. The number of fused-ring (bicyclic) bond motifs is 1. The van der Waals surface area contributed by atoms with E-state index in [1.807, 2.05) is 0 Å². The van der Waals surface area contributed by atoms with Gasteiger partial charge in [-0.05, 0) is 94.0 Å². The molecule has 0 saturated carbocycles. The molecule has 7 heteroatoms. The molecule has 0 aromatic heterocycles. The molecule has 0 unspecified atom stereocenters. The Kier molecular flexibility index (Phi) is 7.41. The summed E-state index contributed by atoms with van der Waals surface area (Å²) < 4.78 is 5.44. The predicted octanol–water partition coefficient (Wildman–Crippen LogP) is 6.33. The van der Waals surface area contributed by atoms with E-state index in [4.69, 9.17) is 27.9 Å². The summed E-state index contributed by atoms with van der Waals surface area (Å²) in [6.07, 6.45) is 2.77. The molecule has 0 spiro atoms. The lowest BCUT2D eigenvalue weighted by atomic mass is 9.78. The maximum absolute atomic E-state index is 12.1. The number of halogens is 2. The summed E-state index contributed by atoms with van der Waals surface area (Å²) in [5.41, 5.74) is 7.32. The quantitative estimate of drug-likeness (QED) is 0.392. The Morgan fingerprint density at radius 3 is 2.69 bits per heavy atom. The SMILES string of the molecule is Cc1cc2c(cc1/C=N/NC(=O)COc1ccc(Cl)cc1Cl)[C@@H](C)CC(C)(C)N2C(C)C. The van der Waals surface area contributed by atoms with Crippen LogP contribution in [0.2, 0.25) is 10.0 Å². The highest BCUT2D eigenvalue weighted by Gasteiger charge is 2.37. The minimum Gasteiger partial charge on any atom is -0.482 e. The van der Waals surface area contributed by atoms with Crippen molar-refractivity contribution in [1.82, 2.24) is 5.43 Å². The fraction of sp³-hybridized carbons (Fsp3) is 0.440. The minimum atomic E-state index is -0.371. The number of nitrogens with zero attached hydrogens (tertiary/aromatic N) is 2. The molecule has 1 aliphatic heterocycles. The summed E-state index contributed by atoms with van der Waals surface area (Å²) in [6, 6.07) is 9.68. The molecular weight excluding hydrogens is 445 g/mol. The van der Waals surface area contributed by atoms with Crippen LogP contribution < -0.4 is 15.1 Å². The van der Waals surface area contributed by atoms with E-state index in [2.05, 4.69) is 69.1 Å². The summed E-state index contributed by atoms with van der Waals surface area (Å²) in [7, 11) is 0. The number of hydrogen-bond acceptors (Lipinski definition) is 4. The van der Waals surface area contributed by atoms with Crippen molar-refractivity contribution in [1.29, 1.82) is 0 Å². The van der Waals surface area contributed by atoms with Crippen molar-refractivity contribution in [3.05, 3.63) is 57.1 Å². The summed E-state index contributed by atoms with van der Waals surface area (Å²) in [5.74, 6) is 0.464. The maximum atomic E-state index is 12.1. The average Bonchev–Trinajstić information content (AvgIpc) is 2.67. The molecule has 0 radical (unpaired) electrons. The van der Waals surface area contributed by atoms with Gasteiger partial charge >= 0.3 is 0 Å². The number of ether oxygens (including phenoxy) is 1. The molecule has 0 fully saturated rings. The number of aryl methyl sites for hydroxylation is 1.